The predicted octanol–water partition coefficient (Wildman–Crippen LogP) is 4.08. The van der Waals surface area contributed by atoms with Gasteiger partial charge in [0.1, 0.15) is 0 Å². The van der Waals surface area contributed by atoms with Crippen molar-refractivity contribution in [1.29, 1.82) is 0 Å². The molecular weight excluding hydrogens is 312 g/mol. The number of nitrogens with zero attached hydrogens (tertiary/aromatic N) is 2. The third kappa shape index (κ3) is 2.98. The topological polar surface area (TPSA) is 65.1 Å². The number of nitro groups is 1. The smallest absolute Gasteiger partial charge is 0.269 e. The second-order valence-electron chi connectivity index (χ2n) is 4.98. The number of benzene rings is 2. The second kappa shape index (κ2) is 6.26. The summed E-state index contributed by atoms with van der Waals surface area (Å²) in [5.74, 6) is 0. The maximum absolute atomic E-state index is 12.6. The minimum absolute atomic E-state index is 0.0198. The summed E-state index contributed by atoms with van der Waals surface area (Å²) in [6, 6.07) is 13.7. The van der Waals surface area contributed by atoms with Crippen molar-refractivity contribution in [1.82, 2.24) is 4.57 Å². The Hall–Kier alpha value is -2.60. The number of hydrogen-bond donors (Lipinski definition) is 0. The lowest BCUT2D eigenvalue weighted by atomic mass is 10.2. The van der Waals surface area contributed by atoms with Gasteiger partial charge in [0.2, 0.25) is 5.43 Å². The highest BCUT2D eigenvalue weighted by Crippen LogP contribution is 2.28. The molecule has 23 heavy (non-hydrogen) atoms. The van der Waals surface area contributed by atoms with E-state index in [1.165, 1.54) is 23.9 Å². The van der Waals surface area contributed by atoms with E-state index in [9.17, 15) is 14.9 Å². The van der Waals surface area contributed by atoms with Gasteiger partial charge in [0.15, 0.2) is 0 Å². The summed E-state index contributed by atoms with van der Waals surface area (Å²) in [5, 5.41) is 11.4. The van der Waals surface area contributed by atoms with Crippen LogP contribution in [0.25, 0.3) is 10.9 Å². The van der Waals surface area contributed by atoms with Crippen LogP contribution in [0.15, 0.2) is 69.3 Å². The number of aromatic nitrogens is 1. The molecule has 0 aliphatic heterocycles. The van der Waals surface area contributed by atoms with Crippen molar-refractivity contribution >= 4 is 28.4 Å². The van der Waals surface area contributed by atoms with Gasteiger partial charge in [-0.3, -0.25) is 14.9 Å². The second-order valence-corrected chi connectivity index (χ2v) is 6.09. The molecule has 2 aromatic carbocycles. The average molecular weight is 326 g/mol. The van der Waals surface area contributed by atoms with E-state index < -0.39 is 4.92 Å². The van der Waals surface area contributed by atoms with Crippen LogP contribution in [0.5, 0.6) is 0 Å². The Morgan fingerprint density at radius 1 is 1.13 bits per heavy atom. The van der Waals surface area contributed by atoms with E-state index >= 15 is 0 Å². The molecule has 0 aliphatic carbocycles. The van der Waals surface area contributed by atoms with E-state index in [1.54, 1.807) is 12.1 Å². The third-order valence-electron chi connectivity index (χ3n) is 3.57. The first-order valence-corrected chi connectivity index (χ1v) is 7.96. The molecular formula is C17H14N2O3S. The van der Waals surface area contributed by atoms with Crippen LogP contribution >= 0.6 is 11.8 Å². The third-order valence-corrected chi connectivity index (χ3v) is 4.59. The van der Waals surface area contributed by atoms with Crippen molar-refractivity contribution in [3.8, 4) is 0 Å². The van der Waals surface area contributed by atoms with Gasteiger partial charge in [0, 0.05) is 35.2 Å². The first-order chi connectivity index (χ1) is 11.1. The van der Waals surface area contributed by atoms with Crippen LogP contribution in [-0.4, -0.2) is 9.49 Å². The van der Waals surface area contributed by atoms with Crippen LogP contribution in [0, 0.1) is 10.1 Å². The lowest BCUT2D eigenvalue weighted by Crippen LogP contribution is -2.10. The molecule has 0 N–H and O–H groups in total. The number of fused-ring (bicyclic) bond motifs is 1. The number of non-ortho nitro benzene ring substituents is 1. The summed E-state index contributed by atoms with van der Waals surface area (Å²) >= 11 is 1.32. The van der Waals surface area contributed by atoms with E-state index in [0.717, 1.165) is 17.0 Å². The van der Waals surface area contributed by atoms with Gasteiger partial charge in [0.25, 0.3) is 5.69 Å². The molecule has 1 aromatic heterocycles. The zero-order chi connectivity index (χ0) is 16.4. The highest BCUT2D eigenvalue weighted by molar-refractivity contribution is 7.99. The number of rotatable bonds is 4. The van der Waals surface area contributed by atoms with E-state index in [4.69, 9.17) is 0 Å². The van der Waals surface area contributed by atoms with E-state index in [2.05, 4.69) is 0 Å². The standard InChI is InChI=1S/C17H14N2O3S/c1-2-18-11-16(17(20)14-5-3-4-6-15(14)18)23-13-9-7-12(8-10-13)19(21)22/h3-11H,2H2,1H3. The van der Waals surface area contributed by atoms with Gasteiger partial charge in [-0.25, -0.2) is 0 Å². The molecule has 0 spiro atoms. The average Bonchev–Trinajstić information content (AvgIpc) is 2.58. The summed E-state index contributed by atoms with van der Waals surface area (Å²) in [5.41, 5.74) is 0.931. The van der Waals surface area contributed by atoms with Gasteiger partial charge in [-0.2, -0.15) is 0 Å². The summed E-state index contributed by atoms with van der Waals surface area (Å²) in [4.78, 5) is 24.3. The van der Waals surface area contributed by atoms with Crippen LogP contribution in [0.2, 0.25) is 0 Å². The number of hydrogen-bond acceptors (Lipinski definition) is 4. The Kier molecular flexibility index (Phi) is 4.16. The minimum atomic E-state index is -0.436. The van der Waals surface area contributed by atoms with Gasteiger partial charge in [-0.05, 0) is 31.2 Å². The predicted molar refractivity (Wildman–Crippen MR) is 91.1 cm³/mol. The molecule has 0 aliphatic rings. The zero-order valence-corrected chi connectivity index (χ0v) is 13.2. The zero-order valence-electron chi connectivity index (χ0n) is 12.4. The maximum atomic E-state index is 12.6. The molecule has 0 amide bonds. The monoisotopic (exact) mass is 326 g/mol. The summed E-state index contributed by atoms with van der Waals surface area (Å²) < 4.78 is 2.03. The summed E-state index contributed by atoms with van der Waals surface area (Å²) in [7, 11) is 0. The lowest BCUT2D eigenvalue weighted by Gasteiger charge is -2.11. The van der Waals surface area contributed by atoms with Crippen LogP contribution in [0.1, 0.15) is 6.92 Å². The summed E-state index contributed by atoms with van der Waals surface area (Å²) in [6.45, 7) is 2.78. The number of pyridine rings is 1. The fraction of sp³-hybridized carbons (Fsp3) is 0.118. The molecule has 0 unspecified atom stereocenters. The number of nitro benzene ring substituents is 1. The van der Waals surface area contributed by atoms with E-state index in [-0.39, 0.29) is 11.1 Å². The molecule has 3 rings (SSSR count). The molecule has 0 bridgehead atoms. The van der Waals surface area contributed by atoms with Crippen LogP contribution in [-0.2, 0) is 6.54 Å². The lowest BCUT2D eigenvalue weighted by molar-refractivity contribution is -0.384. The first-order valence-electron chi connectivity index (χ1n) is 7.14. The van der Waals surface area contributed by atoms with Crippen molar-refractivity contribution in [2.45, 2.75) is 23.3 Å². The molecule has 6 heteroatoms. The molecule has 0 atom stereocenters. The summed E-state index contributed by atoms with van der Waals surface area (Å²) in [6.07, 6.45) is 1.84. The van der Waals surface area contributed by atoms with Crippen LogP contribution in [0.3, 0.4) is 0 Å². The normalized spacial score (nSPS) is 10.8. The molecule has 0 saturated carbocycles. The quantitative estimate of drug-likeness (QED) is 0.535. The van der Waals surface area contributed by atoms with Crippen molar-refractivity contribution in [3.63, 3.8) is 0 Å². The van der Waals surface area contributed by atoms with Gasteiger partial charge < -0.3 is 4.57 Å². The highest BCUT2D eigenvalue weighted by Gasteiger charge is 2.10. The molecule has 1 heterocycles. The van der Waals surface area contributed by atoms with Crippen LogP contribution < -0.4 is 5.43 Å². The molecule has 116 valence electrons. The fourth-order valence-corrected chi connectivity index (χ4v) is 3.32. The molecule has 0 fully saturated rings. The SMILES string of the molecule is CCn1cc(Sc2ccc([N+](=O)[O-])cc2)c(=O)c2ccccc21. The minimum Gasteiger partial charge on any atom is -0.346 e. The fourth-order valence-electron chi connectivity index (χ4n) is 2.42. The number of para-hydroxylation sites is 1. The Balaban J connectivity index is 2.04. The first kappa shape index (κ1) is 15.3. The van der Waals surface area contributed by atoms with Crippen LogP contribution in [0.4, 0.5) is 5.69 Å². The molecule has 5 nitrogen and oxygen atoms in total. The van der Waals surface area contributed by atoms with Gasteiger partial charge >= 0.3 is 0 Å². The van der Waals surface area contributed by atoms with Crippen molar-refractivity contribution in [2.24, 2.45) is 0 Å². The Bertz CT molecular complexity index is 933. The van der Waals surface area contributed by atoms with Gasteiger partial charge in [-0.15, -0.1) is 0 Å². The Morgan fingerprint density at radius 2 is 1.83 bits per heavy atom. The van der Waals surface area contributed by atoms with Crippen molar-refractivity contribution in [3.05, 3.63) is 75.1 Å². The largest absolute Gasteiger partial charge is 0.346 e. The van der Waals surface area contributed by atoms with Crippen molar-refractivity contribution < 1.29 is 4.92 Å². The highest BCUT2D eigenvalue weighted by atomic mass is 32.2. The van der Waals surface area contributed by atoms with Crippen molar-refractivity contribution in [2.75, 3.05) is 0 Å². The van der Waals surface area contributed by atoms with Gasteiger partial charge in [0.05, 0.1) is 15.3 Å². The Labute approximate surface area is 136 Å². The molecule has 3 aromatic rings. The van der Waals surface area contributed by atoms with E-state index in [1.807, 2.05) is 42.0 Å². The van der Waals surface area contributed by atoms with E-state index in [0.29, 0.717) is 10.3 Å². The Morgan fingerprint density at radius 3 is 2.48 bits per heavy atom. The molecule has 0 radical (unpaired) electrons. The number of aryl methyl sites for hydroxylation is 1. The maximum Gasteiger partial charge on any atom is 0.269 e. The van der Waals surface area contributed by atoms with Gasteiger partial charge in [-0.1, -0.05) is 23.9 Å². The molecule has 0 saturated heterocycles.